The van der Waals surface area contributed by atoms with Crippen LogP contribution in [0.3, 0.4) is 0 Å². The molecular weight excluding hydrogens is 380 g/mol. The van der Waals surface area contributed by atoms with Gasteiger partial charge in [-0.05, 0) is 43.2 Å². The van der Waals surface area contributed by atoms with Gasteiger partial charge in [0, 0.05) is 13.0 Å². The Labute approximate surface area is 165 Å². The standard InChI is InChI=1S/C20H24N2O5S/c1-14-7-8-15(2)19(11-14)28(24,25)22-10-9-20(23)21-12-16-13-26-17-5-3-4-6-18(17)27-16/h3-8,11,16,22H,9-10,12-13H2,1-2H3,(H,21,23). The summed E-state index contributed by atoms with van der Waals surface area (Å²) in [6.45, 7) is 4.23. The number of aryl methyl sites for hydroxylation is 2. The first kappa shape index (κ1) is 20.2. The van der Waals surface area contributed by atoms with Crippen LogP contribution in [0.5, 0.6) is 11.5 Å². The zero-order valence-corrected chi connectivity index (χ0v) is 16.7. The number of fused-ring (bicyclic) bond motifs is 1. The van der Waals surface area contributed by atoms with Gasteiger partial charge in [0.15, 0.2) is 11.5 Å². The van der Waals surface area contributed by atoms with Crippen molar-refractivity contribution in [3.63, 3.8) is 0 Å². The number of carbonyl (C=O) groups is 1. The molecule has 3 rings (SSSR count). The molecule has 150 valence electrons. The minimum Gasteiger partial charge on any atom is -0.486 e. The lowest BCUT2D eigenvalue weighted by atomic mass is 10.2. The second kappa shape index (κ2) is 8.62. The van der Waals surface area contributed by atoms with E-state index in [-0.39, 0.29) is 36.4 Å². The first-order valence-corrected chi connectivity index (χ1v) is 10.6. The number of nitrogens with one attached hydrogen (secondary N) is 2. The van der Waals surface area contributed by atoms with Gasteiger partial charge in [0.1, 0.15) is 12.7 Å². The molecule has 1 unspecified atom stereocenters. The second-order valence-electron chi connectivity index (χ2n) is 6.72. The lowest BCUT2D eigenvalue weighted by molar-refractivity contribution is -0.121. The molecule has 0 bridgehead atoms. The molecule has 8 heteroatoms. The average Bonchev–Trinajstić information content (AvgIpc) is 2.68. The predicted molar refractivity (Wildman–Crippen MR) is 105 cm³/mol. The smallest absolute Gasteiger partial charge is 0.240 e. The third-order valence-electron chi connectivity index (χ3n) is 4.37. The van der Waals surface area contributed by atoms with Gasteiger partial charge in [-0.2, -0.15) is 0 Å². The van der Waals surface area contributed by atoms with Crippen molar-refractivity contribution in [3.05, 3.63) is 53.6 Å². The van der Waals surface area contributed by atoms with Crippen LogP contribution in [-0.4, -0.2) is 40.1 Å². The molecule has 0 spiro atoms. The maximum absolute atomic E-state index is 12.4. The fourth-order valence-corrected chi connectivity index (χ4v) is 4.21. The summed E-state index contributed by atoms with van der Waals surface area (Å²) >= 11 is 0. The second-order valence-corrected chi connectivity index (χ2v) is 8.45. The first-order chi connectivity index (χ1) is 13.3. The molecular formula is C20H24N2O5S. The van der Waals surface area contributed by atoms with Crippen molar-refractivity contribution in [2.24, 2.45) is 0 Å². The van der Waals surface area contributed by atoms with Crippen LogP contribution in [0.2, 0.25) is 0 Å². The molecule has 0 radical (unpaired) electrons. The monoisotopic (exact) mass is 404 g/mol. The number of para-hydroxylation sites is 2. The molecule has 1 aliphatic rings. The number of sulfonamides is 1. The summed E-state index contributed by atoms with van der Waals surface area (Å²) in [7, 11) is -3.65. The molecule has 0 aromatic heterocycles. The zero-order chi connectivity index (χ0) is 20.1. The number of benzene rings is 2. The summed E-state index contributed by atoms with van der Waals surface area (Å²) in [4.78, 5) is 12.3. The molecule has 0 saturated heterocycles. The third kappa shape index (κ3) is 5.02. The number of hydrogen-bond acceptors (Lipinski definition) is 5. The van der Waals surface area contributed by atoms with Crippen molar-refractivity contribution in [2.45, 2.75) is 31.3 Å². The normalized spacial score (nSPS) is 15.9. The molecule has 2 aromatic carbocycles. The number of hydrogen-bond donors (Lipinski definition) is 2. The molecule has 0 saturated carbocycles. The van der Waals surface area contributed by atoms with Gasteiger partial charge in [-0.25, -0.2) is 13.1 Å². The molecule has 2 N–H and O–H groups in total. The van der Waals surface area contributed by atoms with E-state index < -0.39 is 10.0 Å². The number of amides is 1. The van der Waals surface area contributed by atoms with Crippen molar-refractivity contribution in [3.8, 4) is 11.5 Å². The molecule has 0 fully saturated rings. The van der Waals surface area contributed by atoms with E-state index in [1.165, 1.54) is 0 Å². The molecule has 1 atom stereocenters. The van der Waals surface area contributed by atoms with Crippen LogP contribution >= 0.6 is 0 Å². The Balaban J connectivity index is 1.44. The SMILES string of the molecule is Cc1ccc(C)c(S(=O)(=O)NCCC(=O)NCC2COc3ccccc3O2)c1. The number of ether oxygens (including phenoxy) is 2. The summed E-state index contributed by atoms with van der Waals surface area (Å²) in [5, 5.41) is 2.75. The predicted octanol–water partition coefficient (Wildman–Crippen LogP) is 1.93. The Morgan fingerprint density at radius 1 is 1.14 bits per heavy atom. The molecule has 1 aliphatic heterocycles. The maximum Gasteiger partial charge on any atom is 0.240 e. The summed E-state index contributed by atoms with van der Waals surface area (Å²) in [6.07, 6.45) is -0.251. The van der Waals surface area contributed by atoms with Gasteiger partial charge in [0.05, 0.1) is 11.4 Å². The molecule has 7 nitrogen and oxygen atoms in total. The third-order valence-corrected chi connectivity index (χ3v) is 5.97. The van der Waals surface area contributed by atoms with Gasteiger partial charge < -0.3 is 14.8 Å². The first-order valence-electron chi connectivity index (χ1n) is 9.07. The average molecular weight is 404 g/mol. The highest BCUT2D eigenvalue weighted by Crippen LogP contribution is 2.30. The van der Waals surface area contributed by atoms with E-state index in [0.29, 0.717) is 23.7 Å². The molecule has 2 aromatic rings. The van der Waals surface area contributed by atoms with E-state index in [2.05, 4.69) is 10.0 Å². The number of carbonyl (C=O) groups excluding carboxylic acids is 1. The van der Waals surface area contributed by atoms with E-state index in [9.17, 15) is 13.2 Å². The highest BCUT2D eigenvalue weighted by molar-refractivity contribution is 7.89. The van der Waals surface area contributed by atoms with Crippen LogP contribution in [0.15, 0.2) is 47.4 Å². The summed E-state index contributed by atoms with van der Waals surface area (Å²) in [6, 6.07) is 12.6. The summed E-state index contributed by atoms with van der Waals surface area (Å²) < 4.78 is 38.7. The Hall–Kier alpha value is -2.58. The van der Waals surface area contributed by atoms with Crippen molar-refractivity contribution >= 4 is 15.9 Å². The van der Waals surface area contributed by atoms with Crippen LogP contribution in [0.25, 0.3) is 0 Å². The van der Waals surface area contributed by atoms with Gasteiger partial charge >= 0.3 is 0 Å². The van der Waals surface area contributed by atoms with Crippen LogP contribution in [-0.2, 0) is 14.8 Å². The van der Waals surface area contributed by atoms with Gasteiger partial charge in [-0.1, -0.05) is 24.3 Å². The fraction of sp³-hybridized carbons (Fsp3) is 0.350. The fourth-order valence-electron chi connectivity index (χ4n) is 2.85. The van der Waals surface area contributed by atoms with E-state index in [0.717, 1.165) is 5.56 Å². The lowest BCUT2D eigenvalue weighted by Gasteiger charge is -2.26. The lowest BCUT2D eigenvalue weighted by Crippen LogP contribution is -2.41. The van der Waals surface area contributed by atoms with Gasteiger partial charge in [0.25, 0.3) is 0 Å². The highest BCUT2D eigenvalue weighted by atomic mass is 32.2. The van der Waals surface area contributed by atoms with Crippen LogP contribution in [0, 0.1) is 13.8 Å². The van der Waals surface area contributed by atoms with Crippen LogP contribution < -0.4 is 19.5 Å². The van der Waals surface area contributed by atoms with Gasteiger partial charge in [-0.3, -0.25) is 4.79 Å². The van der Waals surface area contributed by atoms with E-state index in [4.69, 9.17) is 9.47 Å². The Morgan fingerprint density at radius 3 is 2.68 bits per heavy atom. The highest BCUT2D eigenvalue weighted by Gasteiger charge is 2.21. The Kier molecular flexibility index (Phi) is 6.21. The topological polar surface area (TPSA) is 93.7 Å². The Bertz CT molecular complexity index is 959. The zero-order valence-electron chi connectivity index (χ0n) is 15.9. The maximum atomic E-state index is 12.4. The summed E-state index contributed by atoms with van der Waals surface area (Å²) in [5.74, 6) is 1.08. The number of rotatable bonds is 7. The molecule has 0 aliphatic carbocycles. The Morgan fingerprint density at radius 2 is 1.89 bits per heavy atom. The molecule has 28 heavy (non-hydrogen) atoms. The van der Waals surface area contributed by atoms with Crippen LogP contribution in [0.1, 0.15) is 17.5 Å². The quantitative estimate of drug-likeness (QED) is 0.735. The van der Waals surface area contributed by atoms with E-state index in [1.54, 1.807) is 19.1 Å². The van der Waals surface area contributed by atoms with E-state index in [1.807, 2.05) is 37.3 Å². The van der Waals surface area contributed by atoms with Crippen molar-refractivity contribution in [2.75, 3.05) is 19.7 Å². The largest absolute Gasteiger partial charge is 0.486 e. The minimum absolute atomic E-state index is 0.0202. The summed E-state index contributed by atoms with van der Waals surface area (Å²) in [5.41, 5.74) is 1.53. The van der Waals surface area contributed by atoms with E-state index >= 15 is 0 Å². The van der Waals surface area contributed by atoms with Crippen LogP contribution in [0.4, 0.5) is 0 Å². The minimum atomic E-state index is -3.65. The van der Waals surface area contributed by atoms with Gasteiger partial charge in [0.2, 0.25) is 15.9 Å². The molecule has 1 amide bonds. The molecule has 1 heterocycles. The van der Waals surface area contributed by atoms with Crippen molar-refractivity contribution < 1.29 is 22.7 Å². The van der Waals surface area contributed by atoms with Crippen molar-refractivity contribution in [1.29, 1.82) is 0 Å². The van der Waals surface area contributed by atoms with Gasteiger partial charge in [-0.15, -0.1) is 0 Å². The van der Waals surface area contributed by atoms with Crippen molar-refractivity contribution in [1.82, 2.24) is 10.0 Å².